The van der Waals surface area contributed by atoms with E-state index in [1.54, 1.807) is 0 Å². The van der Waals surface area contributed by atoms with Gasteiger partial charge in [0, 0.05) is 0 Å². The van der Waals surface area contributed by atoms with Gasteiger partial charge in [-0.05, 0) is 18.2 Å². The molecule has 8 heteroatoms. The van der Waals surface area contributed by atoms with Crippen LogP contribution in [0.2, 0.25) is 0 Å². The van der Waals surface area contributed by atoms with Gasteiger partial charge in [-0.15, -0.1) is 0 Å². The predicted octanol–water partition coefficient (Wildman–Crippen LogP) is 3.75. The molecule has 0 atom stereocenters. The first-order valence-electron chi connectivity index (χ1n) is 4.84. The molecule has 0 radical (unpaired) electrons. The van der Waals surface area contributed by atoms with Gasteiger partial charge in [0.25, 0.3) is 0 Å². The fourth-order valence-corrected chi connectivity index (χ4v) is 2.13. The summed E-state index contributed by atoms with van der Waals surface area (Å²) in [5, 5.41) is 2.18. The summed E-state index contributed by atoms with van der Waals surface area (Å²) in [6.45, 7) is -1.22. The highest BCUT2D eigenvalue weighted by molar-refractivity contribution is 7.22. The highest BCUT2D eigenvalue weighted by atomic mass is 32.1. The monoisotopic (exact) mass is 282 g/mol. The fourth-order valence-electron chi connectivity index (χ4n) is 1.24. The maximum Gasteiger partial charge on any atom is 0.324 e. The Morgan fingerprint density at radius 2 is 2.06 bits per heavy atom. The number of benzene rings is 1. The van der Waals surface area contributed by atoms with Gasteiger partial charge in [-0.2, -0.15) is 8.78 Å². The van der Waals surface area contributed by atoms with E-state index in [1.807, 2.05) is 0 Å². The summed E-state index contributed by atoms with van der Waals surface area (Å²) in [7, 11) is 0. The van der Waals surface area contributed by atoms with Crippen LogP contribution in [0.3, 0.4) is 0 Å². The second kappa shape index (κ2) is 4.68. The fraction of sp³-hybridized carbons (Fsp3) is 0.300. The van der Waals surface area contributed by atoms with Crippen LogP contribution in [0.1, 0.15) is 0 Å². The zero-order chi connectivity index (χ0) is 13.3. The van der Waals surface area contributed by atoms with Gasteiger partial charge in [-0.3, -0.25) is 0 Å². The van der Waals surface area contributed by atoms with Crippen molar-refractivity contribution in [2.75, 3.05) is 11.9 Å². The Morgan fingerprint density at radius 1 is 1.33 bits per heavy atom. The second-order valence-corrected chi connectivity index (χ2v) is 4.58. The van der Waals surface area contributed by atoms with Gasteiger partial charge < -0.3 is 5.32 Å². The summed E-state index contributed by atoms with van der Waals surface area (Å²) >= 11 is 0.923. The number of anilines is 1. The zero-order valence-corrected chi connectivity index (χ0v) is 9.58. The number of nitrogens with zero attached hydrogens (tertiary/aromatic N) is 1. The molecule has 98 valence electrons. The van der Waals surface area contributed by atoms with Gasteiger partial charge in [0.05, 0.1) is 16.8 Å². The van der Waals surface area contributed by atoms with Crippen molar-refractivity contribution in [1.29, 1.82) is 0 Å². The van der Waals surface area contributed by atoms with Crippen molar-refractivity contribution in [3.05, 3.63) is 24.0 Å². The first kappa shape index (κ1) is 13.0. The van der Waals surface area contributed by atoms with E-state index in [0.29, 0.717) is 10.2 Å². The summed E-state index contributed by atoms with van der Waals surface area (Å²) in [5.74, 6) is -4.60. The van der Waals surface area contributed by atoms with E-state index in [2.05, 4.69) is 10.3 Å². The summed E-state index contributed by atoms with van der Waals surface area (Å²) < 4.78 is 62.5. The summed E-state index contributed by atoms with van der Waals surface area (Å²) in [5.41, 5.74) is 0.421. The molecule has 1 aromatic carbocycles. The smallest absolute Gasteiger partial charge is 0.324 e. The number of aromatic nitrogens is 1. The topological polar surface area (TPSA) is 24.9 Å². The molecule has 0 spiro atoms. The van der Waals surface area contributed by atoms with Crippen LogP contribution in [0.5, 0.6) is 0 Å². The number of rotatable bonds is 4. The van der Waals surface area contributed by atoms with Crippen LogP contribution in [0.15, 0.2) is 18.2 Å². The first-order chi connectivity index (χ1) is 8.38. The van der Waals surface area contributed by atoms with E-state index in [-0.39, 0.29) is 5.13 Å². The molecule has 1 heterocycles. The Kier molecular flexibility index (Phi) is 3.38. The van der Waals surface area contributed by atoms with Crippen molar-refractivity contribution in [2.45, 2.75) is 12.3 Å². The van der Waals surface area contributed by atoms with Crippen LogP contribution in [-0.4, -0.2) is 23.9 Å². The number of thiazole rings is 1. The Hall–Kier alpha value is -1.44. The third kappa shape index (κ3) is 2.69. The standard InChI is InChI=1S/C10H7F5N2S/c11-5-1-2-6-7(3-5)18-9(17-6)16-4-10(14,15)8(12)13/h1-3,8H,4H2,(H,16,17). The maximum atomic E-state index is 12.9. The summed E-state index contributed by atoms with van der Waals surface area (Å²) in [4.78, 5) is 3.88. The molecule has 0 amide bonds. The summed E-state index contributed by atoms with van der Waals surface area (Å²) in [6.07, 6.45) is -3.74. The Balaban J connectivity index is 2.13. The summed E-state index contributed by atoms with van der Waals surface area (Å²) in [6, 6.07) is 3.76. The largest absolute Gasteiger partial charge is 0.355 e. The van der Waals surface area contributed by atoms with Crippen molar-refractivity contribution in [3.63, 3.8) is 0 Å². The van der Waals surface area contributed by atoms with E-state index >= 15 is 0 Å². The molecule has 0 saturated heterocycles. The number of hydrogen-bond donors (Lipinski definition) is 1. The van der Waals surface area contributed by atoms with E-state index in [0.717, 1.165) is 11.3 Å². The molecular formula is C10H7F5N2S. The molecule has 2 rings (SSSR count). The zero-order valence-electron chi connectivity index (χ0n) is 8.76. The minimum Gasteiger partial charge on any atom is -0.355 e. The maximum absolute atomic E-state index is 12.9. The number of hydrogen-bond acceptors (Lipinski definition) is 3. The molecule has 0 aliphatic rings. The average Bonchev–Trinajstić information content (AvgIpc) is 2.68. The van der Waals surface area contributed by atoms with E-state index in [9.17, 15) is 22.0 Å². The van der Waals surface area contributed by atoms with Gasteiger partial charge in [-0.25, -0.2) is 18.2 Å². The number of nitrogens with one attached hydrogen (secondary N) is 1. The van der Waals surface area contributed by atoms with Crippen LogP contribution in [0.25, 0.3) is 10.2 Å². The third-order valence-electron chi connectivity index (χ3n) is 2.15. The van der Waals surface area contributed by atoms with Crippen LogP contribution in [-0.2, 0) is 0 Å². The number of alkyl halides is 4. The minimum atomic E-state index is -4.12. The Morgan fingerprint density at radius 3 is 2.72 bits per heavy atom. The SMILES string of the molecule is Fc1ccc2nc(NCC(F)(F)C(F)F)sc2c1. The molecular weight excluding hydrogens is 275 g/mol. The Labute approximate surface area is 102 Å². The third-order valence-corrected chi connectivity index (χ3v) is 3.12. The number of fused-ring (bicyclic) bond motifs is 1. The highest BCUT2D eigenvalue weighted by Crippen LogP contribution is 2.28. The molecule has 0 aliphatic carbocycles. The van der Waals surface area contributed by atoms with E-state index in [4.69, 9.17) is 0 Å². The molecule has 0 aliphatic heterocycles. The lowest BCUT2D eigenvalue weighted by Crippen LogP contribution is -2.34. The lowest BCUT2D eigenvalue weighted by Gasteiger charge is -2.14. The van der Waals surface area contributed by atoms with E-state index < -0.39 is 24.7 Å². The van der Waals surface area contributed by atoms with Gasteiger partial charge in [0.15, 0.2) is 5.13 Å². The average molecular weight is 282 g/mol. The lowest BCUT2D eigenvalue weighted by molar-refractivity contribution is -0.117. The number of halogens is 5. The lowest BCUT2D eigenvalue weighted by atomic mass is 10.3. The highest BCUT2D eigenvalue weighted by Gasteiger charge is 2.40. The van der Waals surface area contributed by atoms with E-state index in [1.165, 1.54) is 18.2 Å². The minimum absolute atomic E-state index is 0.0518. The molecule has 0 bridgehead atoms. The van der Waals surface area contributed by atoms with Crippen LogP contribution >= 0.6 is 11.3 Å². The molecule has 2 aromatic rings. The van der Waals surface area contributed by atoms with Crippen LogP contribution < -0.4 is 5.32 Å². The van der Waals surface area contributed by atoms with Gasteiger partial charge in [-0.1, -0.05) is 11.3 Å². The van der Waals surface area contributed by atoms with Crippen molar-refractivity contribution < 1.29 is 22.0 Å². The molecule has 2 nitrogen and oxygen atoms in total. The van der Waals surface area contributed by atoms with Gasteiger partial charge >= 0.3 is 12.3 Å². The second-order valence-electron chi connectivity index (χ2n) is 3.55. The molecule has 0 saturated carbocycles. The van der Waals surface area contributed by atoms with Crippen molar-refractivity contribution in [1.82, 2.24) is 4.98 Å². The first-order valence-corrected chi connectivity index (χ1v) is 5.66. The molecule has 1 aromatic heterocycles. The van der Waals surface area contributed by atoms with Gasteiger partial charge in [0.2, 0.25) is 0 Å². The van der Waals surface area contributed by atoms with Crippen molar-refractivity contribution >= 4 is 26.7 Å². The van der Waals surface area contributed by atoms with Crippen LogP contribution in [0.4, 0.5) is 27.1 Å². The van der Waals surface area contributed by atoms with Crippen molar-refractivity contribution in [3.8, 4) is 0 Å². The Bertz CT molecular complexity index is 554. The molecule has 1 N–H and O–H groups in total. The quantitative estimate of drug-likeness (QED) is 0.864. The van der Waals surface area contributed by atoms with Gasteiger partial charge in [0.1, 0.15) is 5.82 Å². The normalized spacial score (nSPS) is 12.3. The molecule has 0 unspecified atom stereocenters. The van der Waals surface area contributed by atoms with Crippen LogP contribution in [0, 0.1) is 5.82 Å². The van der Waals surface area contributed by atoms with Crippen molar-refractivity contribution in [2.24, 2.45) is 0 Å². The molecule has 0 fully saturated rings. The predicted molar refractivity (Wildman–Crippen MR) is 59.0 cm³/mol. The molecule has 18 heavy (non-hydrogen) atoms.